The third kappa shape index (κ3) is 3.06. The lowest BCUT2D eigenvalue weighted by atomic mass is 9.91. The van der Waals surface area contributed by atoms with Crippen LogP contribution in [-0.4, -0.2) is 34.2 Å². The zero-order valence-electron chi connectivity index (χ0n) is 10.5. The first-order valence-electron chi connectivity index (χ1n) is 6.54. The highest BCUT2D eigenvalue weighted by Gasteiger charge is 2.25. The first-order chi connectivity index (χ1) is 8.85. The highest BCUT2D eigenvalue weighted by molar-refractivity contribution is 5.30. The number of aromatic nitrogens is 1. The molecular weight excluding hydrogens is 226 g/mol. The van der Waals surface area contributed by atoms with E-state index in [2.05, 4.69) is 16.0 Å². The van der Waals surface area contributed by atoms with Crippen molar-refractivity contribution in [1.29, 1.82) is 5.26 Å². The van der Waals surface area contributed by atoms with Gasteiger partial charge in [0.25, 0.3) is 0 Å². The normalized spacial score (nSPS) is 15.4. The van der Waals surface area contributed by atoms with E-state index in [9.17, 15) is 0 Å². The lowest BCUT2D eigenvalue weighted by Gasteiger charge is -2.37. The van der Waals surface area contributed by atoms with E-state index >= 15 is 0 Å². The van der Waals surface area contributed by atoms with Gasteiger partial charge in [0, 0.05) is 37.5 Å². The number of nitriles is 1. The molecular formula is C14H19N3O. The second-order valence-corrected chi connectivity index (χ2v) is 4.76. The molecule has 4 heteroatoms. The molecule has 1 aromatic rings. The average Bonchev–Trinajstić information content (AvgIpc) is 2.34. The van der Waals surface area contributed by atoms with E-state index in [1.807, 2.05) is 12.1 Å². The lowest BCUT2D eigenvalue weighted by Crippen LogP contribution is -2.40. The summed E-state index contributed by atoms with van der Waals surface area (Å²) in [6.07, 6.45) is 6.20. The Kier molecular flexibility index (Phi) is 4.68. The smallest absolute Gasteiger partial charge is 0.144 e. The van der Waals surface area contributed by atoms with Crippen LogP contribution in [0.5, 0.6) is 0 Å². The molecule has 1 saturated carbocycles. The van der Waals surface area contributed by atoms with E-state index in [1.54, 1.807) is 6.20 Å². The van der Waals surface area contributed by atoms with E-state index in [1.165, 1.54) is 19.3 Å². The summed E-state index contributed by atoms with van der Waals surface area (Å²) in [6, 6.07) is 6.60. The van der Waals surface area contributed by atoms with Gasteiger partial charge in [0.2, 0.25) is 0 Å². The van der Waals surface area contributed by atoms with Crippen LogP contribution in [0.2, 0.25) is 0 Å². The minimum absolute atomic E-state index is 0.224. The van der Waals surface area contributed by atoms with Crippen LogP contribution in [0.3, 0.4) is 0 Å². The van der Waals surface area contributed by atoms with Crippen molar-refractivity contribution in [3.63, 3.8) is 0 Å². The molecule has 4 nitrogen and oxygen atoms in total. The molecule has 0 radical (unpaired) electrons. The van der Waals surface area contributed by atoms with Gasteiger partial charge in [-0.3, -0.25) is 4.90 Å². The van der Waals surface area contributed by atoms with Gasteiger partial charge in [0.15, 0.2) is 0 Å². The summed E-state index contributed by atoms with van der Waals surface area (Å²) >= 11 is 0. The van der Waals surface area contributed by atoms with E-state index in [0.717, 1.165) is 25.1 Å². The molecule has 0 spiro atoms. The van der Waals surface area contributed by atoms with Gasteiger partial charge in [-0.05, 0) is 25.3 Å². The zero-order valence-corrected chi connectivity index (χ0v) is 10.5. The van der Waals surface area contributed by atoms with Crippen LogP contribution in [-0.2, 0) is 6.54 Å². The van der Waals surface area contributed by atoms with Gasteiger partial charge in [0.05, 0.1) is 0 Å². The van der Waals surface area contributed by atoms with Crippen LogP contribution in [0.25, 0.3) is 0 Å². The third-order valence-electron chi connectivity index (χ3n) is 3.57. The summed E-state index contributed by atoms with van der Waals surface area (Å²) in [5.41, 5.74) is 1.51. The van der Waals surface area contributed by atoms with E-state index < -0.39 is 0 Å². The quantitative estimate of drug-likeness (QED) is 0.828. The third-order valence-corrected chi connectivity index (χ3v) is 3.57. The van der Waals surface area contributed by atoms with Crippen LogP contribution in [0, 0.1) is 11.3 Å². The summed E-state index contributed by atoms with van der Waals surface area (Å²) in [7, 11) is 0. The number of pyridine rings is 1. The predicted octanol–water partition coefficient (Wildman–Crippen LogP) is 1.69. The molecule has 1 fully saturated rings. The first-order valence-corrected chi connectivity index (χ1v) is 6.54. The molecule has 0 bridgehead atoms. The maximum atomic E-state index is 9.05. The van der Waals surface area contributed by atoms with Gasteiger partial charge in [-0.1, -0.05) is 12.5 Å². The fourth-order valence-electron chi connectivity index (χ4n) is 2.30. The zero-order chi connectivity index (χ0) is 12.8. The molecule has 1 aliphatic carbocycles. The van der Waals surface area contributed by atoms with Crippen molar-refractivity contribution >= 4 is 0 Å². The summed E-state index contributed by atoms with van der Waals surface area (Å²) in [5, 5.41) is 18.0. The molecule has 0 aromatic carbocycles. The van der Waals surface area contributed by atoms with Crippen molar-refractivity contribution in [3.05, 3.63) is 29.6 Å². The SMILES string of the molecule is N#Cc1ncccc1CN(CCCO)C1CCC1. The Morgan fingerprint density at radius 2 is 2.33 bits per heavy atom. The van der Waals surface area contributed by atoms with E-state index in [4.69, 9.17) is 10.4 Å². The number of rotatable bonds is 6. The summed E-state index contributed by atoms with van der Waals surface area (Å²) in [5.74, 6) is 0. The molecule has 0 atom stereocenters. The van der Waals surface area contributed by atoms with Gasteiger partial charge in [-0.2, -0.15) is 5.26 Å². The number of aliphatic hydroxyl groups excluding tert-OH is 1. The largest absolute Gasteiger partial charge is 0.396 e. The van der Waals surface area contributed by atoms with Crippen molar-refractivity contribution in [1.82, 2.24) is 9.88 Å². The number of nitrogens with zero attached hydrogens (tertiary/aromatic N) is 3. The van der Waals surface area contributed by atoms with Crippen molar-refractivity contribution in [2.75, 3.05) is 13.2 Å². The second-order valence-electron chi connectivity index (χ2n) is 4.76. The molecule has 0 amide bonds. The fourth-order valence-corrected chi connectivity index (χ4v) is 2.30. The first kappa shape index (κ1) is 13.0. The monoisotopic (exact) mass is 245 g/mol. The second kappa shape index (κ2) is 6.48. The lowest BCUT2D eigenvalue weighted by molar-refractivity contribution is 0.109. The molecule has 96 valence electrons. The van der Waals surface area contributed by atoms with Gasteiger partial charge in [-0.25, -0.2) is 4.98 Å². The average molecular weight is 245 g/mol. The maximum absolute atomic E-state index is 9.05. The van der Waals surface area contributed by atoms with Crippen LogP contribution in [0.4, 0.5) is 0 Å². The van der Waals surface area contributed by atoms with Crippen molar-refractivity contribution < 1.29 is 5.11 Å². The van der Waals surface area contributed by atoms with Crippen LogP contribution in [0.1, 0.15) is 36.9 Å². The Morgan fingerprint density at radius 1 is 1.50 bits per heavy atom. The Labute approximate surface area is 108 Å². The molecule has 18 heavy (non-hydrogen) atoms. The number of hydrogen-bond donors (Lipinski definition) is 1. The Morgan fingerprint density at radius 3 is 2.94 bits per heavy atom. The topological polar surface area (TPSA) is 60.2 Å². The predicted molar refractivity (Wildman–Crippen MR) is 68.7 cm³/mol. The summed E-state index contributed by atoms with van der Waals surface area (Å²) in [6.45, 7) is 1.88. The van der Waals surface area contributed by atoms with Crippen molar-refractivity contribution in [3.8, 4) is 6.07 Å². The minimum atomic E-state index is 0.224. The fraction of sp³-hybridized carbons (Fsp3) is 0.571. The number of aliphatic hydroxyl groups is 1. The summed E-state index contributed by atoms with van der Waals surface area (Å²) < 4.78 is 0. The van der Waals surface area contributed by atoms with Gasteiger partial charge < -0.3 is 5.11 Å². The van der Waals surface area contributed by atoms with Gasteiger partial charge in [0.1, 0.15) is 11.8 Å². The molecule has 1 heterocycles. The highest BCUT2D eigenvalue weighted by atomic mass is 16.3. The van der Waals surface area contributed by atoms with Crippen LogP contribution in [0.15, 0.2) is 18.3 Å². The van der Waals surface area contributed by atoms with E-state index in [0.29, 0.717) is 11.7 Å². The molecule has 0 unspecified atom stereocenters. The van der Waals surface area contributed by atoms with Crippen molar-refractivity contribution in [2.24, 2.45) is 0 Å². The molecule has 1 N–H and O–H groups in total. The Bertz CT molecular complexity index is 423. The molecule has 0 saturated heterocycles. The Balaban J connectivity index is 2.05. The Hall–Kier alpha value is -1.44. The summed E-state index contributed by atoms with van der Waals surface area (Å²) in [4.78, 5) is 6.47. The maximum Gasteiger partial charge on any atom is 0.144 e. The highest BCUT2D eigenvalue weighted by Crippen LogP contribution is 2.26. The molecule has 1 aliphatic rings. The molecule has 1 aromatic heterocycles. The van der Waals surface area contributed by atoms with Crippen LogP contribution < -0.4 is 0 Å². The molecule has 0 aliphatic heterocycles. The van der Waals surface area contributed by atoms with Gasteiger partial charge in [-0.15, -0.1) is 0 Å². The van der Waals surface area contributed by atoms with Gasteiger partial charge >= 0.3 is 0 Å². The standard InChI is InChI=1S/C14H19N3O/c15-10-14-12(4-2-7-16-14)11-17(8-3-9-18)13-5-1-6-13/h2,4,7,13,18H,1,3,5-6,8-9,11H2. The van der Waals surface area contributed by atoms with Crippen molar-refractivity contribution in [2.45, 2.75) is 38.3 Å². The number of hydrogen-bond acceptors (Lipinski definition) is 4. The van der Waals surface area contributed by atoms with Crippen LogP contribution >= 0.6 is 0 Å². The minimum Gasteiger partial charge on any atom is -0.396 e. The van der Waals surface area contributed by atoms with E-state index in [-0.39, 0.29) is 6.61 Å². The molecule has 2 rings (SSSR count).